The van der Waals surface area contributed by atoms with Crippen LogP contribution >= 0.6 is 0 Å². The molecule has 3 aromatic rings. The Kier molecular flexibility index (Phi) is 5.40. The van der Waals surface area contributed by atoms with Crippen molar-refractivity contribution in [3.8, 4) is 0 Å². The Morgan fingerprint density at radius 2 is 1.78 bits per heavy atom. The standard InChI is InChI=1S/C20H18F2N4O/c1-3-26(14-7-4-6-13(2)10-14)18-11-17(23-12-24-18)20(27)25-19-15(21)8-5-9-16(19)22/h4-12H,3H2,1-2H3,(H,25,27). The van der Waals surface area contributed by atoms with Crippen molar-refractivity contribution in [1.82, 2.24) is 9.97 Å². The number of anilines is 3. The minimum atomic E-state index is -0.854. The molecule has 0 aliphatic heterocycles. The fourth-order valence-electron chi connectivity index (χ4n) is 2.69. The maximum absolute atomic E-state index is 13.8. The van der Waals surface area contributed by atoms with Crippen LogP contribution in [0.25, 0.3) is 0 Å². The van der Waals surface area contributed by atoms with Crippen molar-refractivity contribution in [3.63, 3.8) is 0 Å². The third-order valence-electron chi connectivity index (χ3n) is 3.99. The third-order valence-corrected chi connectivity index (χ3v) is 3.99. The lowest BCUT2D eigenvalue weighted by Crippen LogP contribution is -2.20. The van der Waals surface area contributed by atoms with Crippen molar-refractivity contribution >= 4 is 23.1 Å². The summed E-state index contributed by atoms with van der Waals surface area (Å²) >= 11 is 0. The zero-order chi connectivity index (χ0) is 19.4. The molecule has 0 aliphatic carbocycles. The lowest BCUT2D eigenvalue weighted by atomic mass is 10.2. The zero-order valence-corrected chi connectivity index (χ0v) is 14.9. The Hall–Kier alpha value is -3.35. The average Bonchev–Trinajstić information content (AvgIpc) is 2.66. The largest absolute Gasteiger partial charge is 0.327 e. The van der Waals surface area contributed by atoms with Gasteiger partial charge in [-0.05, 0) is 43.7 Å². The average molecular weight is 368 g/mol. The summed E-state index contributed by atoms with van der Waals surface area (Å²) in [6.07, 6.45) is 1.25. The van der Waals surface area contributed by atoms with Crippen LogP contribution < -0.4 is 10.2 Å². The lowest BCUT2D eigenvalue weighted by molar-refractivity contribution is 0.102. The van der Waals surface area contributed by atoms with Crippen LogP contribution in [-0.4, -0.2) is 22.4 Å². The molecule has 0 spiro atoms. The van der Waals surface area contributed by atoms with E-state index in [1.807, 2.05) is 43.0 Å². The van der Waals surface area contributed by atoms with Crippen LogP contribution in [0.5, 0.6) is 0 Å². The smallest absolute Gasteiger partial charge is 0.274 e. The molecule has 3 rings (SSSR count). The van der Waals surface area contributed by atoms with Gasteiger partial charge in [-0.15, -0.1) is 0 Å². The zero-order valence-electron chi connectivity index (χ0n) is 14.9. The van der Waals surface area contributed by atoms with Gasteiger partial charge >= 0.3 is 0 Å². The van der Waals surface area contributed by atoms with E-state index in [4.69, 9.17) is 0 Å². The molecule has 27 heavy (non-hydrogen) atoms. The van der Waals surface area contributed by atoms with Gasteiger partial charge in [0.05, 0.1) is 0 Å². The first kappa shape index (κ1) is 18.4. The van der Waals surface area contributed by atoms with Crippen LogP contribution in [0, 0.1) is 18.6 Å². The number of nitrogens with one attached hydrogen (secondary N) is 1. The van der Waals surface area contributed by atoms with Crippen molar-refractivity contribution in [3.05, 3.63) is 77.8 Å². The SMILES string of the molecule is CCN(c1cccc(C)c1)c1cc(C(=O)Nc2c(F)cccc2F)ncn1. The summed E-state index contributed by atoms with van der Waals surface area (Å²) in [6, 6.07) is 12.7. The molecule has 5 nitrogen and oxygen atoms in total. The molecule has 0 fully saturated rings. The van der Waals surface area contributed by atoms with Gasteiger partial charge in [-0.3, -0.25) is 4.79 Å². The first-order valence-corrected chi connectivity index (χ1v) is 8.41. The highest BCUT2D eigenvalue weighted by atomic mass is 19.1. The van der Waals surface area contributed by atoms with Gasteiger partial charge in [0.15, 0.2) is 0 Å². The van der Waals surface area contributed by atoms with Crippen LogP contribution in [0.4, 0.5) is 26.0 Å². The van der Waals surface area contributed by atoms with Crippen molar-refractivity contribution in [2.24, 2.45) is 0 Å². The van der Waals surface area contributed by atoms with E-state index in [0.29, 0.717) is 12.4 Å². The van der Waals surface area contributed by atoms with Crippen molar-refractivity contribution in [2.45, 2.75) is 13.8 Å². The number of nitrogens with zero attached hydrogens (tertiary/aromatic N) is 3. The van der Waals surface area contributed by atoms with Gasteiger partial charge in [0, 0.05) is 18.3 Å². The van der Waals surface area contributed by atoms with E-state index in [1.165, 1.54) is 18.5 Å². The molecule has 0 saturated heterocycles. The monoisotopic (exact) mass is 368 g/mol. The van der Waals surface area contributed by atoms with E-state index < -0.39 is 23.2 Å². The Morgan fingerprint density at radius 3 is 2.44 bits per heavy atom. The fraction of sp³-hybridized carbons (Fsp3) is 0.150. The minimum Gasteiger partial charge on any atom is -0.327 e. The van der Waals surface area contributed by atoms with E-state index >= 15 is 0 Å². The number of para-hydroxylation sites is 1. The van der Waals surface area contributed by atoms with Gasteiger partial charge < -0.3 is 10.2 Å². The first-order chi connectivity index (χ1) is 13.0. The minimum absolute atomic E-state index is 0.00811. The van der Waals surface area contributed by atoms with E-state index in [9.17, 15) is 13.6 Å². The van der Waals surface area contributed by atoms with Gasteiger partial charge in [0.25, 0.3) is 5.91 Å². The highest BCUT2D eigenvalue weighted by Crippen LogP contribution is 2.25. The molecule has 1 amide bonds. The van der Waals surface area contributed by atoms with Crippen molar-refractivity contribution in [2.75, 3.05) is 16.8 Å². The second kappa shape index (κ2) is 7.90. The maximum atomic E-state index is 13.8. The van der Waals surface area contributed by atoms with Crippen molar-refractivity contribution in [1.29, 1.82) is 0 Å². The molecule has 0 atom stereocenters. The maximum Gasteiger partial charge on any atom is 0.274 e. The summed E-state index contributed by atoms with van der Waals surface area (Å²) in [5.41, 5.74) is 1.51. The summed E-state index contributed by atoms with van der Waals surface area (Å²) in [6.45, 7) is 4.56. The highest BCUT2D eigenvalue weighted by molar-refractivity contribution is 6.03. The summed E-state index contributed by atoms with van der Waals surface area (Å²) in [5.74, 6) is -1.92. The fourth-order valence-corrected chi connectivity index (χ4v) is 2.69. The Bertz CT molecular complexity index is 957. The number of hydrogen-bond acceptors (Lipinski definition) is 4. The number of aryl methyl sites for hydroxylation is 1. The first-order valence-electron chi connectivity index (χ1n) is 8.41. The molecule has 0 aliphatic rings. The quantitative estimate of drug-likeness (QED) is 0.722. The van der Waals surface area contributed by atoms with E-state index in [0.717, 1.165) is 23.4 Å². The second-order valence-corrected chi connectivity index (χ2v) is 5.90. The molecule has 138 valence electrons. The van der Waals surface area contributed by atoms with E-state index in [1.54, 1.807) is 0 Å². The number of hydrogen-bond donors (Lipinski definition) is 1. The van der Waals surface area contributed by atoms with Crippen LogP contribution in [0.1, 0.15) is 23.0 Å². The number of benzene rings is 2. The number of aromatic nitrogens is 2. The van der Waals surface area contributed by atoms with Crippen LogP contribution in [-0.2, 0) is 0 Å². The predicted octanol–water partition coefficient (Wildman–Crippen LogP) is 4.47. The lowest BCUT2D eigenvalue weighted by Gasteiger charge is -2.22. The number of amides is 1. The normalized spacial score (nSPS) is 10.5. The van der Waals surface area contributed by atoms with Gasteiger partial charge in [-0.25, -0.2) is 18.7 Å². The van der Waals surface area contributed by atoms with Gasteiger partial charge in [0.2, 0.25) is 0 Å². The molecule has 2 aromatic carbocycles. The third kappa shape index (κ3) is 4.08. The van der Waals surface area contributed by atoms with Crippen LogP contribution in [0.3, 0.4) is 0 Å². The summed E-state index contributed by atoms with van der Waals surface area (Å²) < 4.78 is 27.5. The summed E-state index contributed by atoms with van der Waals surface area (Å²) in [7, 11) is 0. The van der Waals surface area contributed by atoms with Gasteiger partial charge in [0.1, 0.15) is 35.2 Å². The molecular weight excluding hydrogens is 350 g/mol. The Morgan fingerprint density at radius 1 is 1.07 bits per heavy atom. The number of carbonyl (C=O) groups excluding carboxylic acids is 1. The van der Waals surface area contributed by atoms with Gasteiger partial charge in [-0.2, -0.15) is 0 Å². The summed E-state index contributed by atoms with van der Waals surface area (Å²) in [4.78, 5) is 22.5. The molecule has 0 unspecified atom stereocenters. The number of carbonyl (C=O) groups is 1. The number of halogens is 2. The van der Waals surface area contributed by atoms with E-state index in [2.05, 4.69) is 15.3 Å². The Balaban J connectivity index is 1.89. The van der Waals surface area contributed by atoms with Crippen molar-refractivity contribution < 1.29 is 13.6 Å². The second-order valence-electron chi connectivity index (χ2n) is 5.90. The molecule has 1 aromatic heterocycles. The molecule has 0 saturated carbocycles. The molecule has 1 N–H and O–H groups in total. The number of rotatable bonds is 5. The van der Waals surface area contributed by atoms with Crippen LogP contribution in [0.2, 0.25) is 0 Å². The van der Waals surface area contributed by atoms with Crippen LogP contribution in [0.15, 0.2) is 54.9 Å². The Labute approximate surface area is 155 Å². The molecule has 1 heterocycles. The molecule has 0 radical (unpaired) electrons. The molecule has 0 bridgehead atoms. The summed E-state index contributed by atoms with van der Waals surface area (Å²) in [5, 5.41) is 2.23. The topological polar surface area (TPSA) is 58.1 Å². The highest BCUT2D eigenvalue weighted by Gasteiger charge is 2.17. The predicted molar refractivity (Wildman–Crippen MR) is 100 cm³/mol. The molecule has 7 heteroatoms. The molecular formula is C20H18F2N4O. The van der Waals surface area contributed by atoms with Gasteiger partial charge in [-0.1, -0.05) is 18.2 Å². The van der Waals surface area contributed by atoms with E-state index in [-0.39, 0.29) is 5.69 Å².